The van der Waals surface area contributed by atoms with Crippen LogP contribution in [0.5, 0.6) is 0 Å². The van der Waals surface area contributed by atoms with E-state index in [0.29, 0.717) is 0 Å². The lowest BCUT2D eigenvalue weighted by Crippen LogP contribution is -1.78. The number of thioether (sulfide) groups is 1. The topological polar surface area (TPSA) is 13.1 Å². The number of hydrogen-bond acceptors (Lipinski definition) is 2. The Morgan fingerprint density at radius 1 is 1.67 bits per heavy atom. The summed E-state index contributed by atoms with van der Waals surface area (Å²) in [6, 6.07) is 0. The zero-order valence-electron chi connectivity index (χ0n) is 5.31. The summed E-state index contributed by atoms with van der Waals surface area (Å²) >= 11 is 1.89. The van der Waals surface area contributed by atoms with Gasteiger partial charge >= 0.3 is 0 Å². The highest BCUT2D eigenvalue weighted by atomic mass is 32.2. The zero-order valence-corrected chi connectivity index (χ0v) is 6.12. The van der Waals surface area contributed by atoms with Crippen LogP contribution < -0.4 is 0 Å². The Bertz CT molecular complexity index is 227. The predicted molar refractivity (Wildman–Crippen MR) is 37.9 cm³/mol. The Balaban J connectivity index is 2.56. The van der Waals surface area contributed by atoms with Crippen molar-refractivity contribution < 1.29 is 4.42 Å². The van der Waals surface area contributed by atoms with Crippen molar-refractivity contribution >= 4 is 11.8 Å². The molecule has 1 aliphatic rings. The fraction of sp³-hybridized carbons (Fsp3) is 0.429. The summed E-state index contributed by atoms with van der Waals surface area (Å²) < 4.78 is 5.22. The fourth-order valence-corrected chi connectivity index (χ4v) is 2.20. The molecule has 1 nitrogen and oxygen atoms in total. The lowest BCUT2D eigenvalue weighted by Gasteiger charge is -1.85. The van der Waals surface area contributed by atoms with Gasteiger partial charge in [0.05, 0.1) is 0 Å². The van der Waals surface area contributed by atoms with E-state index in [0.717, 1.165) is 5.76 Å². The van der Waals surface area contributed by atoms with Crippen LogP contribution in [-0.4, -0.2) is 5.75 Å². The van der Waals surface area contributed by atoms with Crippen LogP contribution in [0.25, 0.3) is 0 Å². The smallest absolute Gasteiger partial charge is 0.105 e. The van der Waals surface area contributed by atoms with E-state index in [2.05, 4.69) is 0 Å². The summed E-state index contributed by atoms with van der Waals surface area (Å²) in [6.45, 7) is 2.03. The van der Waals surface area contributed by atoms with Gasteiger partial charge in [-0.05, 0) is 13.3 Å². The third-order valence-corrected chi connectivity index (χ3v) is 2.74. The highest BCUT2D eigenvalue weighted by Gasteiger charge is 2.15. The van der Waals surface area contributed by atoms with Crippen LogP contribution in [0.3, 0.4) is 0 Å². The highest BCUT2D eigenvalue weighted by molar-refractivity contribution is 7.99. The van der Waals surface area contributed by atoms with Gasteiger partial charge in [0.2, 0.25) is 0 Å². The zero-order chi connectivity index (χ0) is 6.27. The molecule has 0 atom stereocenters. The predicted octanol–water partition coefficient (Wildman–Crippen LogP) is 2.24. The Hall–Kier alpha value is -0.370. The molecule has 2 heteroatoms. The Labute approximate surface area is 58.4 Å². The molecule has 2 heterocycles. The van der Waals surface area contributed by atoms with Gasteiger partial charge in [-0.3, -0.25) is 0 Å². The average molecular weight is 140 g/mol. The number of aryl methyl sites for hydroxylation is 1. The maximum Gasteiger partial charge on any atom is 0.105 e. The molecule has 1 aromatic heterocycles. The number of rotatable bonds is 0. The molecule has 48 valence electrons. The van der Waals surface area contributed by atoms with Gasteiger partial charge in [0.25, 0.3) is 0 Å². The third-order valence-electron chi connectivity index (χ3n) is 1.67. The van der Waals surface area contributed by atoms with Crippen molar-refractivity contribution in [1.82, 2.24) is 0 Å². The number of hydrogen-bond donors (Lipinski definition) is 0. The van der Waals surface area contributed by atoms with Crippen molar-refractivity contribution in [2.75, 3.05) is 5.75 Å². The quantitative estimate of drug-likeness (QED) is 0.548. The molecule has 0 aromatic carbocycles. The molecular weight excluding hydrogens is 132 g/mol. The first-order valence-corrected chi connectivity index (χ1v) is 4.06. The van der Waals surface area contributed by atoms with Gasteiger partial charge in [-0.25, -0.2) is 0 Å². The summed E-state index contributed by atoms with van der Waals surface area (Å²) in [5.41, 5.74) is 1.43. The van der Waals surface area contributed by atoms with E-state index >= 15 is 0 Å². The van der Waals surface area contributed by atoms with Crippen molar-refractivity contribution in [3.63, 3.8) is 0 Å². The number of fused-ring (bicyclic) bond motifs is 1. The van der Waals surface area contributed by atoms with Gasteiger partial charge in [0.15, 0.2) is 0 Å². The minimum atomic E-state index is 1.11. The molecule has 0 aliphatic carbocycles. The molecule has 0 fully saturated rings. The van der Waals surface area contributed by atoms with E-state index in [4.69, 9.17) is 4.42 Å². The van der Waals surface area contributed by atoms with Crippen LogP contribution in [0.4, 0.5) is 0 Å². The molecule has 0 bridgehead atoms. The van der Waals surface area contributed by atoms with E-state index in [-0.39, 0.29) is 0 Å². The largest absolute Gasteiger partial charge is 0.468 e. The van der Waals surface area contributed by atoms with Gasteiger partial charge in [-0.1, -0.05) is 0 Å². The fourth-order valence-electron chi connectivity index (χ4n) is 1.14. The van der Waals surface area contributed by atoms with E-state index in [1.54, 1.807) is 0 Å². The number of furan rings is 1. The Morgan fingerprint density at radius 2 is 2.56 bits per heavy atom. The highest BCUT2D eigenvalue weighted by Crippen LogP contribution is 2.34. The molecule has 0 radical (unpaired) electrons. The molecule has 9 heavy (non-hydrogen) atoms. The maximum atomic E-state index is 5.22. The Morgan fingerprint density at radius 3 is 3.33 bits per heavy atom. The minimum absolute atomic E-state index is 1.11. The first kappa shape index (κ1) is 5.42. The maximum absolute atomic E-state index is 5.22. The SMILES string of the molecule is Cc1occ2c1CCS2. The van der Waals surface area contributed by atoms with Crippen LogP contribution in [0, 0.1) is 6.92 Å². The van der Waals surface area contributed by atoms with Crippen LogP contribution in [-0.2, 0) is 6.42 Å². The van der Waals surface area contributed by atoms with Gasteiger partial charge in [0.1, 0.15) is 12.0 Å². The molecule has 2 rings (SSSR count). The molecular formula is C7H8OS. The molecule has 0 N–H and O–H groups in total. The molecule has 1 aliphatic heterocycles. The second-order valence-corrected chi connectivity index (χ2v) is 3.37. The van der Waals surface area contributed by atoms with Crippen molar-refractivity contribution in [3.05, 3.63) is 17.6 Å². The van der Waals surface area contributed by atoms with E-state index < -0.39 is 0 Å². The molecule has 0 spiro atoms. The first-order chi connectivity index (χ1) is 4.38. The standard InChI is InChI=1S/C7H8OS/c1-5-6-2-3-9-7(6)4-8-5/h4H,2-3H2,1H3. The van der Waals surface area contributed by atoms with Crippen LogP contribution in [0.1, 0.15) is 11.3 Å². The summed E-state index contributed by atoms with van der Waals surface area (Å²) in [5.74, 6) is 2.34. The van der Waals surface area contributed by atoms with Gasteiger partial charge in [-0.2, -0.15) is 0 Å². The average Bonchev–Trinajstić information content (AvgIpc) is 2.35. The Kier molecular flexibility index (Phi) is 1.09. The van der Waals surface area contributed by atoms with Gasteiger partial charge < -0.3 is 4.42 Å². The lowest BCUT2D eigenvalue weighted by atomic mass is 10.2. The normalized spacial score (nSPS) is 16.1. The summed E-state index contributed by atoms with van der Waals surface area (Å²) in [7, 11) is 0. The first-order valence-electron chi connectivity index (χ1n) is 3.07. The summed E-state index contributed by atoms with van der Waals surface area (Å²) in [6.07, 6.45) is 3.06. The van der Waals surface area contributed by atoms with Crippen molar-refractivity contribution in [2.24, 2.45) is 0 Å². The van der Waals surface area contributed by atoms with E-state index in [9.17, 15) is 0 Å². The summed E-state index contributed by atoms with van der Waals surface area (Å²) in [5, 5.41) is 0. The molecule has 0 saturated heterocycles. The molecule has 1 aromatic rings. The minimum Gasteiger partial charge on any atom is -0.468 e. The van der Waals surface area contributed by atoms with Gasteiger partial charge in [-0.15, -0.1) is 11.8 Å². The van der Waals surface area contributed by atoms with Crippen molar-refractivity contribution in [3.8, 4) is 0 Å². The van der Waals surface area contributed by atoms with Crippen LogP contribution in [0.15, 0.2) is 15.6 Å². The molecule has 0 saturated carbocycles. The van der Waals surface area contributed by atoms with Crippen LogP contribution >= 0.6 is 11.8 Å². The van der Waals surface area contributed by atoms with E-state index in [1.165, 1.54) is 22.6 Å². The van der Waals surface area contributed by atoms with Crippen molar-refractivity contribution in [2.45, 2.75) is 18.2 Å². The molecule has 0 unspecified atom stereocenters. The second-order valence-electron chi connectivity index (χ2n) is 2.23. The lowest BCUT2D eigenvalue weighted by molar-refractivity contribution is 0.526. The second kappa shape index (κ2) is 1.81. The van der Waals surface area contributed by atoms with Crippen molar-refractivity contribution in [1.29, 1.82) is 0 Å². The molecule has 0 amide bonds. The monoisotopic (exact) mass is 140 g/mol. The van der Waals surface area contributed by atoms with Crippen LogP contribution in [0.2, 0.25) is 0 Å². The van der Waals surface area contributed by atoms with E-state index in [1.807, 2.05) is 24.9 Å². The third kappa shape index (κ3) is 0.697. The summed E-state index contributed by atoms with van der Waals surface area (Å²) in [4.78, 5) is 1.35. The van der Waals surface area contributed by atoms with Gasteiger partial charge in [0, 0.05) is 16.2 Å².